The lowest BCUT2D eigenvalue weighted by Crippen LogP contribution is -2.12. The first-order chi connectivity index (χ1) is 15.3. The zero-order chi connectivity index (χ0) is 24.4. The van der Waals surface area contributed by atoms with Crippen LogP contribution in [0.25, 0.3) is 10.9 Å². The number of aromatic carboxylic acids is 1. The molecule has 32 heavy (non-hydrogen) atoms. The first-order valence-corrected chi connectivity index (χ1v) is 11.0. The number of hydrogen-bond acceptors (Lipinski definition) is 4. The van der Waals surface area contributed by atoms with Crippen LogP contribution in [0.5, 0.6) is 5.75 Å². The van der Waals surface area contributed by atoms with Crippen molar-refractivity contribution in [3.63, 3.8) is 0 Å². The predicted molar refractivity (Wildman–Crippen MR) is 129 cm³/mol. The summed E-state index contributed by atoms with van der Waals surface area (Å²) in [5.74, 6) is -0.900. The molecule has 2 aromatic carbocycles. The number of carboxylic acids is 1. The Hall–Kier alpha value is -2.99. The minimum Gasteiger partial charge on any atom is -0.482 e. The van der Waals surface area contributed by atoms with Crippen molar-refractivity contribution in [3.8, 4) is 5.75 Å². The molecule has 0 saturated carbocycles. The summed E-state index contributed by atoms with van der Waals surface area (Å²) >= 11 is 6.37. The summed E-state index contributed by atoms with van der Waals surface area (Å²) in [6, 6.07) is 10.3. The maximum atomic E-state index is 11.3. The van der Waals surface area contributed by atoms with E-state index in [0.717, 1.165) is 27.7 Å². The van der Waals surface area contributed by atoms with Crippen molar-refractivity contribution in [2.24, 2.45) is 0 Å². The van der Waals surface area contributed by atoms with E-state index < -0.39 is 11.9 Å². The Labute approximate surface area is 194 Å². The molecule has 7 heteroatoms. The maximum absolute atomic E-state index is 11.3. The highest BCUT2D eigenvalue weighted by Crippen LogP contribution is 2.30. The third-order valence-corrected chi connectivity index (χ3v) is 5.18. The summed E-state index contributed by atoms with van der Waals surface area (Å²) < 4.78 is 12.1. The van der Waals surface area contributed by atoms with Gasteiger partial charge in [-0.25, -0.2) is 9.59 Å². The first kappa shape index (κ1) is 27.0. The van der Waals surface area contributed by atoms with Gasteiger partial charge in [0.15, 0.2) is 6.61 Å². The Bertz CT molecular complexity index is 1070. The van der Waals surface area contributed by atoms with Gasteiger partial charge in [-0.05, 0) is 61.4 Å². The van der Waals surface area contributed by atoms with Crippen LogP contribution in [0.1, 0.15) is 54.9 Å². The van der Waals surface area contributed by atoms with Crippen molar-refractivity contribution in [2.45, 2.75) is 48.1 Å². The van der Waals surface area contributed by atoms with Gasteiger partial charge in [0.2, 0.25) is 0 Å². The molecule has 0 atom stereocenters. The van der Waals surface area contributed by atoms with E-state index in [-0.39, 0.29) is 12.2 Å². The van der Waals surface area contributed by atoms with Crippen molar-refractivity contribution in [3.05, 3.63) is 63.8 Å². The van der Waals surface area contributed by atoms with E-state index in [4.69, 9.17) is 16.3 Å². The number of fused-ring (bicyclic) bond motifs is 1. The van der Waals surface area contributed by atoms with Crippen molar-refractivity contribution < 1.29 is 24.2 Å². The summed E-state index contributed by atoms with van der Waals surface area (Å²) in [6.45, 7) is 12.3. The fourth-order valence-electron chi connectivity index (χ4n) is 3.12. The Morgan fingerprint density at radius 2 is 1.69 bits per heavy atom. The molecule has 0 aliphatic carbocycles. The standard InChI is InChI=1S/C21H20ClNO5.2C2H6/c1-12-13(2)23(19-7-4-14(21(25)26)9-17(12)19)10-15-8-16(5-6-18(15)22)28-11-20(24)27-3;2*1-2/h4-9H,10-11H2,1-3H3,(H,25,26);2*1-2H3. The maximum Gasteiger partial charge on any atom is 0.343 e. The molecule has 0 radical (unpaired) electrons. The lowest BCUT2D eigenvalue weighted by Gasteiger charge is -2.12. The molecule has 1 heterocycles. The number of carbonyl (C=O) groups is 2. The molecule has 0 aliphatic rings. The second kappa shape index (κ2) is 12.8. The van der Waals surface area contributed by atoms with Gasteiger partial charge in [0, 0.05) is 28.2 Å². The molecule has 3 aromatic rings. The number of benzene rings is 2. The Morgan fingerprint density at radius 1 is 1.03 bits per heavy atom. The monoisotopic (exact) mass is 461 g/mol. The molecule has 0 aliphatic heterocycles. The zero-order valence-electron chi connectivity index (χ0n) is 19.8. The lowest BCUT2D eigenvalue weighted by atomic mass is 10.1. The molecule has 0 amide bonds. The Balaban J connectivity index is 0.00000121. The van der Waals surface area contributed by atoms with Crippen LogP contribution in [0.3, 0.4) is 0 Å². The molecule has 6 nitrogen and oxygen atoms in total. The second-order valence-electron chi connectivity index (χ2n) is 6.45. The van der Waals surface area contributed by atoms with Gasteiger partial charge in [0.1, 0.15) is 5.75 Å². The number of carbonyl (C=O) groups excluding carboxylic acids is 1. The van der Waals surface area contributed by atoms with Crippen LogP contribution < -0.4 is 4.74 Å². The number of ether oxygens (including phenoxy) is 2. The van der Waals surface area contributed by atoms with E-state index >= 15 is 0 Å². The van der Waals surface area contributed by atoms with E-state index in [1.165, 1.54) is 7.11 Å². The summed E-state index contributed by atoms with van der Waals surface area (Å²) in [5.41, 5.74) is 4.05. The molecule has 174 valence electrons. The normalized spacial score (nSPS) is 9.88. The SMILES string of the molecule is CC.CC.COC(=O)COc1ccc(Cl)c(Cn2c(C)c(C)c3cc(C(=O)O)ccc32)c1. The van der Waals surface area contributed by atoms with Crippen LogP contribution >= 0.6 is 11.6 Å². The molecule has 3 rings (SSSR count). The quantitative estimate of drug-likeness (QED) is 0.438. The van der Waals surface area contributed by atoms with E-state index in [1.807, 2.05) is 47.6 Å². The highest BCUT2D eigenvalue weighted by molar-refractivity contribution is 6.31. The molecule has 0 spiro atoms. The van der Waals surface area contributed by atoms with Crippen LogP contribution in [-0.4, -0.2) is 35.3 Å². The largest absolute Gasteiger partial charge is 0.482 e. The minimum absolute atomic E-state index is 0.180. The van der Waals surface area contributed by atoms with Crippen molar-refractivity contribution >= 4 is 34.4 Å². The van der Waals surface area contributed by atoms with Gasteiger partial charge in [0.05, 0.1) is 12.7 Å². The highest BCUT2D eigenvalue weighted by atomic mass is 35.5. The summed E-state index contributed by atoms with van der Waals surface area (Å²) in [7, 11) is 1.30. The van der Waals surface area contributed by atoms with Gasteiger partial charge < -0.3 is 19.1 Å². The highest BCUT2D eigenvalue weighted by Gasteiger charge is 2.15. The van der Waals surface area contributed by atoms with Crippen LogP contribution in [0.4, 0.5) is 0 Å². The fraction of sp³-hybridized carbons (Fsp3) is 0.360. The molecule has 1 aromatic heterocycles. The van der Waals surface area contributed by atoms with Crippen molar-refractivity contribution in [1.29, 1.82) is 0 Å². The van der Waals surface area contributed by atoms with E-state index in [0.29, 0.717) is 17.3 Å². The average molecular weight is 462 g/mol. The van der Waals surface area contributed by atoms with Crippen LogP contribution in [-0.2, 0) is 16.1 Å². The third-order valence-electron chi connectivity index (χ3n) is 4.82. The number of nitrogens with zero attached hydrogens (tertiary/aromatic N) is 1. The molecule has 0 saturated heterocycles. The van der Waals surface area contributed by atoms with E-state index in [1.54, 1.807) is 30.3 Å². The Morgan fingerprint density at radius 3 is 2.28 bits per heavy atom. The average Bonchev–Trinajstić information content (AvgIpc) is 3.06. The first-order valence-electron chi connectivity index (χ1n) is 10.6. The lowest BCUT2D eigenvalue weighted by molar-refractivity contribution is -0.142. The molecule has 1 N–H and O–H groups in total. The van der Waals surface area contributed by atoms with Crippen molar-refractivity contribution in [2.75, 3.05) is 13.7 Å². The third kappa shape index (κ3) is 6.26. The number of aromatic nitrogens is 1. The number of esters is 1. The van der Waals surface area contributed by atoms with E-state index in [9.17, 15) is 14.7 Å². The van der Waals surface area contributed by atoms with Gasteiger partial charge in [-0.1, -0.05) is 39.3 Å². The summed E-state index contributed by atoms with van der Waals surface area (Å²) in [5, 5.41) is 10.7. The van der Waals surface area contributed by atoms with Gasteiger partial charge in [-0.15, -0.1) is 0 Å². The summed E-state index contributed by atoms with van der Waals surface area (Å²) in [4.78, 5) is 22.6. The zero-order valence-corrected chi connectivity index (χ0v) is 20.5. The van der Waals surface area contributed by atoms with Crippen LogP contribution in [0, 0.1) is 13.8 Å². The molecular formula is C25H32ClNO5. The van der Waals surface area contributed by atoms with Gasteiger partial charge in [0.25, 0.3) is 0 Å². The van der Waals surface area contributed by atoms with E-state index in [2.05, 4.69) is 9.30 Å². The topological polar surface area (TPSA) is 77.8 Å². The number of rotatable bonds is 6. The molecule has 0 fully saturated rings. The molecular weight excluding hydrogens is 430 g/mol. The number of aryl methyl sites for hydroxylation is 1. The number of hydrogen-bond donors (Lipinski definition) is 1. The number of carboxylic acid groups (broad SMARTS) is 1. The van der Waals surface area contributed by atoms with Crippen molar-refractivity contribution in [1.82, 2.24) is 4.57 Å². The molecule has 0 unspecified atom stereocenters. The van der Waals surface area contributed by atoms with Gasteiger partial charge in [-0.3, -0.25) is 0 Å². The predicted octanol–water partition coefficient (Wildman–Crippen LogP) is 6.26. The van der Waals surface area contributed by atoms with Crippen LogP contribution in [0.2, 0.25) is 5.02 Å². The van der Waals surface area contributed by atoms with Gasteiger partial charge >= 0.3 is 11.9 Å². The molecule has 0 bridgehead atoms. The van der Waals surface area contributed by atoms with Gasteiger partial charge in [-0.2, -0.15) is 0 Å². The minimum atomic E-state index is -0.954. The Kier molecular flexibility index (Phi) is 10.8. The summed E-state index contributed by atoms with van der Waals surface area (Å²) in [6.07, 6.45) is 0. The van der Waals surface area contributed by atoms with Crippen LogP contribution in [0.15, 0.2) is 36.4 Å². The second-order valence-corrected chi connectivity index (χ2v) is 6.86. The smallest absolute Gasteiger partial charge is 0.343 e. The number of methoxy groups -OCH3 is 1. The fourth-order valence-corrected chi connectivity index (χ4v) is 3.30. The number of halogens is 1.